The predicted octanol–water partition coefficient (Wildman–Crippen LogP) is 9.72. The Hall–Kier alpha value is -6.20. The number of sulfonamides is 2. The maximum absolute atomic E-state index is 14.6. The van der Waals surface area contributed by atoms with E-state index in [1.54, 1.807) is 48.5 Å². The third kappa shape index (κ3) is 12.3. The van der Waals surface area contributed by atoms with Crippen LogP contribution in [0.3, 0.4) is 0 Å². The molecule has 2 aliphatic rings. The second-order valence-electron chi connectivity index (χ2n) is 18.5. The molecule has 16 heteroatoms. The summed E-state index contributed by atoms with van der Waals surface area (Å²) in [6.45, 7) is 13.4. The number of carbonyl (C=O) groups is 2. The van der Waals surface area contributed by atoms with Gasteiger partial charge in [-0.05, 0) is 146 Å². The van der Waals surface area contributed by atoms with Gasteiger partial charge < -0.3 is 28.7 Å². The highest BCUT2D eigenvalue weighted by Crippen LogP contribution is 2.41. The van der Waals surface area contributed by atoms with E-state index >= 15 is 0 Å². The summed E-state index contributed by atoms with van der Waals surface area (Å²) in [5.74, 6) is -1.20. The minimum absolute atomic E-state index is 0.0714. The zero-order chi connectivity index (χ0) is 50.8. The molecule has 72 heavy (non-hydrogen) atoms. The number of nitrogens with zero attached hydrogens (tertiary/aromatic N) is 4. The topological polar surface area (TPSA) is 152 Å². The number of ether oxygens (including phenoxy) is 4. The van der Waals surface area contributed by atoms with Gasteiger partial charge in [0.05, 0.1) is 34.0 Å². The normalized spacial score (nSPS) is 15.8. The fraction of sp³-hybridized carbons (Fsp3) is 0.393. The molecule has 0 spiro atoms. The minimum Gasteiger partial charge on any atom is -0.451 e. The molecule has 0 fully saturated rings. The zero-order valence-corrected chi connectivity index (χ0v) is 43.3. The van der Waals surface area contributed by atoms with Gasteiger partial charge in [-0.15, -0.1) is 0 Å². The standard InChI is InChI=1S/C56H66N4O10S2/c1-5-29-57(30-6-2)33-27-41-17-23-51-49(35-41)59(71(63,64)47-21-19-43-13-9-11-15-45(43)37-47)39-55(67-51)69-53(61)25-26-54(62)70-56-40-60(72(65,66)48-22-20-44-14-10-12-16-46(44)38-48)50-36-42(18-24-52(50)68-56)28-34-58(31-7-3)32-8-4/h9-24,35-38,55-56H,5-8,25-34,39-40H2,1-4H3. The number of benzene rings is 6. The fourth-order valence-corrected chi connectivity index (χ4v) is 12.4. The molecule has 0 radical (unpaired) electrons. The highest BCUT2D eigenvalue weighted by atomic mass is 32.2. The lowest BCUT2D eigenvalue weighted by Gasteiger charge is -2.35. The number of hydrogen-bond donors (Lipinski definition) is 0. The van der Waals surface area contributed by atoms with E-state index in [0.29, 0.717) is 24.2 Å². The van der Waals surface area contributed by atoms with E-state index in [1.807, 2.05) is 72.8 Å². The lowest BCUT2D eigenvalue weighted by Crippen LogP contribution is -2.46. The number of anilines is 2. The summed E-state index contributed by atoms with van der Waals surface area (Å²) in [7, 11) is -8.41. The lowest BCUT2D eigenvalue weighted by atomic mass is 10.1. The van der Waals surface area contributed by atoms with Crippen molar-refractivity contribution in [3.63, 3.8) is 0 Å². The molecule has 0 amide bonds. The third-order valence-corrected chi connectivity index (χ3v) is 16.6. The summed E-state index contributed by atoms with van der Waals surface area (Å²) in [4.78, 5) is 31.9. The van der Waals surface area contributed by atoms with E-state index < -0.39 is 57.4 Å². The van der Waals surface area contributed by atoms with Crippen molar-refractivity contribution in [3.05, 3.63) is 132 Å². The zero-order valence-electron chi connectivity index (χ0n) is 41.7. The van der Waals surface area contributed by atoms with Gasteiger partial charge in [-0.25, -0.2) is 16.8 Å². The summed E-state index contributed by atoms with van der Waals surface area (Å²) in [5.41, 5.74) is 2.54. The van der Waals surface area contributed by atoms with Crippen molar-refractivity contribution in [1.29, 1.82) is 0 Å². The van der Waals surface area contributed by atoms with Gasteiger partial charge in [0.15, 0.2) is 0 Å². The molecule has 2 unspecified atom stereocenters. The second-order valence-corrected chi connectivity index (χ2v) is 22.2. The van der Waals surface area contributed by atoms with Gasteiger partial charge >= 0.3 is 11.9 Å². The van der Waals surface area contributed by atoms with Gasteiger partial charge in [-0.3, -0.25) is 18.2 Å². The predicted molar refractivity (Wildman–Crippen MR) is 282 cm³/mol. The van der Waals surface area contributed by atoms with Crippen LogP contribution < -0.4 is 18.1 Å². The van der Waals surface area contributed by atoms with Gasteiger partial charge in [0.1, 0.15) is 24.6 Å². The average molecular weight is 1020 g/mol. The van der Waals surface area contributed by atoms with Crippen molar-refractivity contribution in [3.8, 4) is 11.5 Å². The number of hydrogen-bond acceptors (Lipinski definition) is 12. The van der Waals surface area contributed by atoms with E-state index in [2.05, 4.69) is 37.5 Å². The Morgan fingerprint density at radius 3 is 1.25 bits per heavy atom. The first-order valence-corrected chi connectivity index (χ1v) is 28.1. The Kier molecular flexibility index (Phi) is 17.1. The van der Waals surface area contributed by atoms with E-state index in [1.165, 1.54) is 8.61 Å². The Bertz CT molecular complexity index is 2880. The maximum Gasteiger partial charge on any atom is 0.309 e. The quantitative estimate of drug-likeness (QED) is 0.0562. The molecule has 2 atom stereocenters. The molecule has 0 bridgehead atoms. The van der Waals surface area contributed by atoms with Crippen LogP contribution in [0.15, 0.2) is 131 Å². The molecule has 6 aromatic rings. The first kappa shape index (κ1) is 52.1. The van der Waals surface area contributed by atoms with Crippen molar-refractivity contribution in [2.45, 2.75) is 101 Å². The van der Waals surface area contributed by atoms with Gasteiger partial charge in [0.25, 0.3) is 32.6 Å². The van der Waals surface area contributed by atoms with Crippen LogP contribution in [0.1, 0.15) is 77.3 Å². The first-order valence-electron chi connectivity index (χ1n) is 25.3. The Morgan fingerprint density at radius 1 is 0.500 bits per heavy atom. The Balaban J connectivity index is 0.967. The highest BCUT2D eigenvalue weighted by molar-refractivity contribution is 7.93. The molecule has 14 nitrogen and oxygen atoms in total. The molecule has 2 heterocycles. The summed E-state index contributed by atoms with van der Waals surface area (Å²) >= 11 is 0. The molecule has 0 aromatic heterocycles. The van der Waals surface area contributed by atoms with Gasteiger partial charge in [0.2, 0.25) is 0 Å². The molecule has 0 aliphatic carbocycles. The average Bonchev–Trinajstić information content (AvgIpc) is 3.38. The van der Waals surface area contributed by atoms with E-state index in [0.717, 1.165) is 97.6 Å². The first-order chi connectivity index (χ1) is 34.8. The minimum atomic E-state index is -4.21. The van der Waals surface area contributed by atoms with Crippen molar-refractivity contribution in [2.24, 2.45) is 0 Å². The van der Waals surface area contributed by atoms with E-state index in [-0.39, 0.29) is 34.4 Å². The summed E-state index contributed by atoms with van der Waals surface area (Å²) in [6.07, 6.45) is 1.93. The third-order valence-electron chi connectivity index (χ3n) is 13.0. The van der Waals surface area contributed by atoms with Crippen molar-refractivity contribution in [1.82, 2.24) is 9.80 Å². The van der Waals surface area contributed by atoms with Crippen molar-refractivity contribution >= 4 is 64.9 Å². The number of fused-ring (bicyclic) bond motifs is 4. The fourth-order valence-electron chi connectivity index (χ4n) is 9.46. The van der Waals surface area contributed by atoms with Crippen LogP contribution in [0.25, 0.3) is 21.5 Å². The molecular formula is C56H66N4O10S2. The Morgan fingerprint density at radius 2 is 0.875 bits per heavy atom. The maximum atomic E-state index is 14.6. The lowest BCUT2D eigenvalue weighted by molar-refractivity contribution is -0.170. The van der Waals surface area contributed by atoms with Crippen LogP contribution in [0.4, 0.5) is 11.4 Å². The Labute approximate surface area is 424 Å². The summed E-state index contributed by atoms with van der Waals surface area (Å²) < 4.78 is 84.6. The molecule has 382 valence electrons. The molecule has 2 aliphatic heterocycles. The van der Waals surface area contributed by atoms with E-state index in [4.69, 9.17) is 18.9 Å². The molecule has 0 N–H and O–H groups in total. The van der Waals surface area contributed by atoms with Crippen LogP contribution in [0.2, 0.25) is 0 Å². The molecule has 0 saturated carbocycles. The number of esters is 2. The van der Waals surface area contributed by atoms with E-state index in [9.17, 15) is 26.4 Å². The van der Waals surface area contributed by atoms with Gasteiger partial charge in [0, 0.05) is 13.1 Å². The van der Waals surface area contributed by atoms with Gasteiger partial charge in [-0.1, -0.05) is 100 Å². The summed E-state index contributed by atoms with van der Waals surface area (Å²) in [6, 6.07) is 35.8. The number of rotatable bonds is 23. The van der Waals surface area contributed by atoms with Crippen molar-refractivity contribution in [2.75, 3.05) is 61.0 Å². The van der Waals surface area contributed by atoms with Crippen LogP contribution >= 0.6 is 0 Å². The largest absolute Gasteiger partial charge is 0.451 e. The molecule has 8 rings (SSSR count). The molecule has 6 aromatic carbocycles. The highest BCUT2D eigenvalue weighted by Gasteiger charge is 2.39. The van der Waals surface area contributed by atoms with Crippen molar-refractivity contribution < 1.29 is 45.4 Å². The van der Waals surface area contributed by atoms with Crippen LogP contribution in [0, 0.1) is 0 Å². The van der Waals surface area contributed by atoms with Crippen LogP contribution in [-0.4, -0.2) is 104 Å². The smallest absolute Gasteiger partial charge is 0.309 e. The van der Waals surface area contributed by atoms with Gasteiger partial charge in [-0.2, -0.15) is 0 Å². The second kappa shape index (κ2) is 23.6. The van der Waals surface area contributed by atoms with Crippen LogP contribution in [-0.2, 0) is 52.0 Å². The molecular weight excluding hydrogens is 953 g/mol. The van der Waals surface area contributed by atoms with Crippen LogP contribution in [0.5, 0.6) is 11.5 Å². The molecule has 0 saturated heterocycles. The SMILES string of the molecule is CCCN(CCC)CCc1ccc2c(c1)N(S(=O)(=O)c1ccc3ccccc3c1)CC(OC(=O)CCC(=O)OC1CN(S(=O)(=O)c3ccc4ccccc4c3)c3cc(CCN(CCC)CCC)ccc3O1)O2. The monoisotopic (exact) mass is 1020 g/mol. The number of carbonyl (C=O) groups excluding carboxylic acids is 2. The summed E-state index contributed by atoms with van der Waals surface area (Å²) in [5, 5.41) is 3.29.